The van der Waals surface area contributed by atoms with Gasteiger partial charge in [-0.15, -0.1) is 0 Å². The van der Waals surface area contributed by atoms with E-state index in [0.717, 1.165) is 0 Å². The molecule has 1 aliphatic heterocycles. The van der Waals surface area contributed by atoms with E-state index in [9.17, 15) is 18.0 Å². The Morgan fingerprint density at radius 2 is 1.85 bits per heavy atom. The number of sulfonamides is 1. The minimum absolute atomic E-state index is 0.138. The molecule has 3 rings (SSSR count). The van der Waals surface area contributed by atoms with E-state index in [2.05, 4.69) is 15.8 Å². The van der Waals surface area contributed by atoms with Crippen molar-refractivity contribution in [1.82, 2.24) is 20.1 Å². The van der Waals surface area contributed by atoms with Gasteiger partial charge in [-0.25, -0.2) is 8.42 Å². The molecule has 0 aliphatic carbocycles. The Morgan fingerprint density at radius 1 is 1.08 bits per heavy atom. The third-order valence-electron chi connectivity index (χ3n) is 4.08. The number of nitrogens with one attached hydrogen (secondary N) is 2. The van der Waals surface area contributed by atoms with Crippen LogP contribution in [0.2, 0.25) is 0 Å². The number of aromatic nitrogens is 1. The van der Waals surface area contributed by atoms with Gasteiger partial charge in [-0.2, -0.15) is 4.31 Å². The van der Waals surface area contributed by atoms with E-state index < -0.39 is 27.9 Å². The lowest BCUT2D eigenvalue weighted by Gasteiger charge is -2.23. The van der Waals surface area contributed by atoms with Crippen molar-refractivity contribution in [2.45, 2.75) is 23.8 Å². The van der Waals surface area contributed by atoms with E-state index in [-0.39, 0.29) is 17.0 Å². The number of carbonyl (C=O) groups is 2. The van der Waals surface area contributed by atoms with Crippen molar-refractivity contribution < 1.29 is 18.0 Å². The van der Waals surface area contributed by atoms with Gasteiger partial charge in [0.05, 0.1) is 10.5 Å². The molecule has 8 nitrogen and oxygen atoms in total. The van der Waals surface area contributed by atoms with E-state index in [1.54, 1.807) is 30.3 Å². The molecule has 26 heavy (non-hydrogen) atoms. The van der Waals surface area contributed by atoms with Crippen LogP contribution in [0.15, 0.2) is 59.8 Å². The molecule has 1 aromatic carbocycles. The van der Waals surface area contributed by atoms with Crippen LogP contribution in [0, 0.1) is 0 Å². The number of amides is 2. The van der Waals surface area contributed by atoms with Gasteiger partial charge < -0.3 is 0 Å². The molecule has 0 saturated carbocycles. The van der Waals surface area contributed by atoms with E-state index in [1.807, 2.05) is 0 Å². The smallest absolute Gasteiger partial charge is 0.271 e. The van der Waals surface area contributed by atoms with Gasteiger partial charge in [0.15, 0.2) is 0 Å². The average molecular weight is 374 g/mol. The lowest BCUT2D eigenvalue weighted by molar-refractivity contribution is -0.125. The molecule has 0 bridgehead atoms. The summed E-state index contributed by atoms with van der Waals surface area (Å²) in [6, 6.07) is 10.3. The molecule has 2 amide bonds. The summed E-state index contributed by atoms with van der Waals surface area (Å²) in [5, 5.41) is 0. The molecule has 2 aromatic rings. The number of rotatable bonds is 4. The van der Waals surface area contributed by atoms with Crippen LogP contribution in [-0.4, -0.2) is 42.1 Å². The zero-order valence-corrected chi connectivity index (χ0v) is 14.6. The fourth-order valence-corrected chi connectivity index (χ4v) is 4.47. The van der Waals surface area contributed by atoms with E-state index in [1.165, 1.54) is 28.8 Å². The van der Waals surface area contributed by atoms with Gasteiger partial charge in [0, 0.05) is 18.9 Å². The molecule has 0 radical (unpaired) electrons. The maximum atomic E-state index is 12.8. The number of nitrogens with zero attached hydrogens (tertiary/aromatic N) is 2. The zero-order valence-electron chi connectivity index (χ0n) is 13.8. The first kappa shape index (κ1) is 18.0. The number of hydrogen-bond donors (Lipinski definition) is 2. The summed E-state index contributed by atoms with van der Waals surface area (Å²) >= 11 is 0. The van der Waals surface area contributed by atoms with Crippen LogP contribution in [0.25, 0.3) is 0 Å². The lowest BCUT2D eigenvalue weighted by Crippen LogP contribution is -2.51. The molecule has 1 atom stereocenters. The van der Waals surface area contributed by atoms with Gasteiger partial charge >= 0.3 is 0 Å². The van der Waals surface area contributed by atoms with Crippen molar-refractivity contribution >= 4 is 21.8 Å². The van der Waals surface area contributed by atoms with Crippen LogP contribution in [0.1, 0.15) is 23.2 Å². The standard InChI is InChI=1S/C17H18N4O4S/c22-16(13-6-4-10-18-12-13)19-20-17(23)15-9-5-11-21(15)26(24,25)14-7-2-1-3-8-14/h1-4,6-8,10,12,15H,5,9,11H2,(H,19,22)(H,20,23). The maximum Gasteiger partial charge on any atom is 0.271 e. The summed E-state index contributed by atoms with van der Waals surface area (Å²) in [6.07, 6.45) is 3.85. The second-order valence-electron chi connectivity index (χ2n) is 5.77. The zero-order chi connectivity index (χ0) is 18.6. The van der Waals surface area contributed by atoms with Gasteiger partial charge in [-0.05, 0) is 37.1 Å². The fourth-order valence-electron chi connectivity index (χ4n) is 2.79. The van der Waals surface area contributed by atoms with Crippen molar-refractivity contribution in [2.75, 3.05) is 6.54 Å². The molecule has 1 unspecified atom stereocenters. The molecule has 9 heteroatoms. The molecule has 0 spiro atoms. The molecule has 2 N–H and O–H groups in total. The number of pyridine rings is 1. The molecular formula is C17H18N4O4S. The Hall–Kier alpha value is -2.78. The number of hydrogen-bond acceptors (Lipinski definition) is 5. The van der Waals surface area contributed by atoms with E-state index in [0.29, 0.717) is 12.8 Å². The van der Waals surface area contributed by atoms with E-state index in [4.69, 9.17) is 0 Å². The van der Waals surface area contributed by atoms with Gasteiger partial charge in [-0.3, -0.25) is 25.4 Å². The monoisotopic (exact) mass is 374 g/mol. The molecule has 1 aliphatic rings. The molecule has 1 aromatic heterocycles. The van der Waals surface area contributed by atoms with Crippen LogP contribution in [0.4, 0.5) is 0 Å². The van der Waals surface area contributed by atoms with Crippen molar-refractivity contribution in [1.29, 1.82) is 0 Å². The minimum Gasteiger partial charge on any atom is -0.271 e. The topological polar surface area (TPSA) is 108 Å². The largest absolute Gasteiger partial charge is 0.271 e. The van der Waals surface area contributed by atoms with Crippen LogP contribution < -0.4 is 10.9 Å². The Morgan fingerprint density at radius 3 is 2.54 bits per heavy atom. The summed E-state index contributed by atoms with van der Waals surface area (Å²) in [5.41, 5.74) is 4.88. The number of carbonyl (C=O) groups excluding carboxylic acids is 2. The summed E-state index contributed by atoms with van der Waals surface area (Å²) in [7, 11) is -3.77. The molecule has 1 saturated heterocycles. The first-order valence-corrected chi connectivity index (χ1v) is 9.51. The molecule has 2 heterocycles. The fraction of sp³-hybridized carbons (Fsp3) is 0.235. The molecule has 136 valence electrons. The van der Waals surface area contributed by atoms with Crippen molar-refractivity contribution in [2.24, 2.45) is 0 Å². The Bertz CT molecular complexity index is 887. The van der Waals surface area contributed by atoms with Crippen molar-refractivity contribution in [3.63, 3.8) is 0 Å². The van der Waals surface area contributed by atoms with Gasteiger partial charge in [0.25, 0.3) is 11.8 Å². The maximum absolute atomic E-state index is 12.8. The Balaban J connectivity index is 1.68. The summed E-state index contributed by atoms with van der Waals surface area (Å²) in [5.74, 6) is -1.10. The number of hydrazine groups is 1. The molecular weight excluding hydrogens is 356 g/mol. The first-order chi connectivity index (χ1) is 12.5. The quantitative estimate of drug-likeness (QED) is 0.766. The third-order valence-corrected chi connectivity index (χ3v) is 6.00. The van der Waals surface area contributed by atoms with Crippen LogP contribution in [0.5, 0.6) is 0 Å². The lowest BCUT2D eigenvalue weighted by atomic mass is 10.2. The van der Waals surface area contributed by atoms with Gasteiger partial charge in [-0.1, -0.05) is 18.2 Å². The summed E-state index contributed by atoms with van der Waals surface area (Å²) in [4.78, 5) is 28.4. The van der Waals surface area contributed by atoms with Crippen molar-refractivity contribution in [3.05, 3.63) is 60.4 Å². The number of benzene rings is 1. The minimum atomic E-state index is -3.77. The average Bonchev–Trinajstić information content (AvgIpc) is 3.18. The SMILES string of the molecule is O=C(NNC(=O)C1CCCN1S(=O)(=O)c1ccccc1)c1cccnc1. The van der Waals surface area contributed by atoms with Crippen molar-refractivity contribution in [3.8, 4) is 0 Å². The van der Waals surface area contributed by atoms with Crippen LogP contribution in [0.3, 0.4) is 0 Å². The normalized spacial score (nSPS) is 17.6. The Labute approximate surface area is 151 Å². The highest BCUT2D eigenvalue weighted by Crippen LogP contribution is 2.25. The van der Waals surface area contributed by atoms with Crippen LogP contribution in [-0.2, 0) is 14.8 Å². The summed E-state index contributed by atoms with van der Waals surface area (Å²) in [6.45, 7) is 0.256. The highest BCUT2D eigenvalue weighted by molar-refractivity contribution is 7.89. The highest BCUT2D eigenvalue weighted by atomic mass is 32.2. The van der Waals surface area contributed by atoms with Crippen LogP contribution >= 0.6 is 0 Å². The predicted octanol–water partition coefficient (Wildman–Crippen LogP) is 0.696. The summed E-state index contributed by atoms with van der Waals surface area (Å²) < 4.78 is 26.7. The predicted molar refractivity (Wildman–Crippen MR) is 93.2 cm³/mol. The Kier molecular flexibility index (Phi) is 5.29. The third kappa shape index (κ3) is 3.73. The first-order valence-electron chi connectivity index (χ1n) is 8.07. The second-order valence-corrected chi connectivity index (χ2v) is 7.66. The molecule has 1 fully saturated rings. The van der Waals surface area contributed by atoms with E-state index >= 15 is 0 Å². The second kappa shape index (κ2) is 7.63. The van der Waals surface area contributed by atoms with Gasteiger partial charge in [0.2, 0.25) is 10.0 Å². The van der Waals surface area contributed by atoms with Gasteiger partial charge in [0.1, 0.15) is 6.04 Å². The highest BCUT2D eigenvalue weighted by Gasteiger charge is 2.39.